The third kappa shape index (κ3) is 1.81. The molecular weight excluding hydrogens is 208 g/mol. The average molecular weight is 224 g/mol. The average Bonchev–Trinajstić information content (AvgIpc) is 2.15. The van der Waals surface area contributed by atoms with E-state index in [1.54, 1.807) is 0 Å². The van der Waals surface area contributed by atoms with Gasteiger partial charge in [-0.3, -0.25) is 0 Å². The minimum absolute atomic E-state index is 0.149. The summed E-state index contributed by atoms with van der Waals surface area (Å²) >= 11 is 0. The third-order valence-corrected chi connectivity index (χ3v) is 5.36. The molecule has 2 nitrogen and oxygen atoms in total. The predicted octanol–water partition coefficient (Wildman–Crippen LogP) is 2.35. The van der Waals surface area contributed by atoms with Crippen LogP contribution in [0.5, 0.6) is 0 Å². The van der Waals surface area contributed by atoms with Crippen LogP contribution in [0.25, 0.3) is 0 Å². The predicted molar refractivity (Wildman–Crippen MR) is 61.5 cm³/mol. The molecule has 1 aliphatic heterocycles. The van der Waals surface area contributed by atoms with Crippen LogP contribution in [0.15, 0.2) is 24.3 Å². The van der Waals surface area contributed by atoms with Gasteiger partial charge >= 0.3 is 0 Å². The SMILES string of the molecule is CC(C)C1c2ccccc2CCS1(=O)=O. The van der Waals surface area contributed by atoms with Crippen LogP contribution in [0.2, 0.25) is 0 Å². The van der Waals surface area contributed by atoms with Crippen LogP contribution >= 0.6 is 0 Å². The molecule has 15 heavy (non-hydrogen) atoms. The van der Waals surface area contributed by atoms with Crippen molar-refractivity contribution in [1.82, 2.24) is 0 Å². The van der Waals surface area contributed by atoms with Crippen LogP contribution in [0.1, 0.15) is 30.2 Å². The van der Waals surface area contributed by atoms with Crippen molar-refractivity contribution in [2.75, 3.05) is 5.75 Å². The molecule has 0 amide bonds. The van der Waals surface area contributed by atoms with Crippen LogP contribution in [0.4, 0.5) is 0 Å². The normalized spacial score (nSPS) is 23.8. The van der Waals surface area contributed by atoms with Gasteiger partial charge in [0.05, 0.1) is 11.0 Å². The van der Waals surface area contributed by atoms with Crippen molar-refractivity contribution in [2.45, 2.75) is 25.5 Å². The van der Waals surface area contributed by atoms with Gasteiger partial charge in [0.25, 0.3) is 0 Å². The maximum absolute atomic E-state index is 12.0. The first-order chi connectivity index (χ1) is 7.02. The van der Waals surface area contributed by atoms with Crippen molar-refractivity contribution in [3.8, 4) is 0 Å². The van der Waals surface area contributed by atoms with Crippen LogP contribution in [0, 0.1) is 5.92 Å². The van der Waals surface area contributed by atoms with E-state index in [2.05, 4.69) is 0 Å². The smallest absolute Gasteiger partial charge is 0.157 e. The molecule has 0 bridgehead atoms. The third-order valence-electron chi connectivity index (χ3n) is 3.01. The fourth-order valence-electron chi connectivity index (χ4n) is 2.39. The summed E-state index contributed by atoms with van der Waals surface area (Å²) in [6.45, 7) is 3.95. The molecule has 0 radical (unpaired) electrons. The molecule has 1 aromatic rings. The number of aryl methyl sites for hydroxylation is 1. The lowest BCUT2D eigenvalue weighted by Gasteiger charge is -2.28. The summed E-state index contributed by atoms with van der Waals surface area (Å²) in [6.07, 6.45) is 0.668. The monoisotopic (exact) mass is 224 g/mol. The van der Waals surface area contributed by atoms with Gasteiger partial charge in [-0.15, -0.1) is 0 Å². The van der Waals surface area contributed by atoms with E-state index < -0.39 is 9.84 Å². The maximum atomic E-state index is 12.0. The molecular formula is C12H16O2S. The fourth-order valence-corrected chi connectivity index (χ4v) is 4.59. The van der Waals surface area contributed by atoms with E-state index in [0.717, 1.165) is 5.56 Å². The van der Waals surface area contributed by atoms with E-state index in [1.165, 1.54) is 5.56 Å². The molecule has 0 saturated carbocycles. The molecule has 0 N–H and O–H groups in total. The number of hydrogen-bond donors (Lipinski definition) is 0. The van der Waals surface area contributed by atoms with Crippen molar-refractivity contribution in [2.24, 2.45) is 5.92 Å². The van der Waals surface area contributed by atoms with Gasteiger partial charge in [-0.2, -0.15) is 0 Å². The number of fused-ring (bicyclic) bond motifs is 1. The zero-order chi connectivity index (χ0) is 11.1. The zero-order valence-corrected chi connectivity index (χ0v) is 9.92. The molecule has 1 unspecified atom stereocenters. The molecule has 82 valence electrons. The van der Waals surface area contributed by atoms with Gasteiger partial charge in [0.1, 0.15) is 0 Å². The summed E-state index contributed by atoms with van der Waals surface area (Å²) in [7, 11) is -2.94. The number of benzene rings is 1. The van der Waals surface area contributed by atoms with E-state index in [4.69, 9.17) is 0 Å². The highest BCUT2D eigenvalue weighted by Crippen LogP contribution is 2.36. The van der Waals surface area contributed by atoms with Crippen LogP contribution in [0.3, 0.4) is 0 Å². The second-order valence-electron chi connectivity index (χ2n) is 4.48. The first kappa shape index (κ1) is 10.7. The Morgan fingerprint density at radius 1 is 1.27 bits per heavy atom. The topological polar surface area (TPSA) is 34.1 Å². The van der Waals surface area contributed by atoms with E-state index in [-0.39, 0.29) is 11.2 Å². The van der Waals surface area contributed by atoms with E-state index in [0.29, 0.717) is 12.2 Å². The number of rotatable bonds is 1. The van der Waals surface area contributed by atoms with Gasteiger partial charge in [0, 0.05) is 0 Å². The molecule has 0 fully saturated rings. The zero-order valence-electron chi connectivity index (χ0n) is 9.10. The molecule has 1 aliphatic rings. The Morgan fingerprint density at radius 3 is 2.60 bits per heavy atom. The molecule has 1 atom stereocenters. The highest BCUT2D eigenvalue weighted by molar-refractivity contribution is 7.91. The second-order valence-corrected chi connectivity index (χ2v) is 6.72. The van der Waals surface area contributed by atoms with Crippen molar-refractivity contribution in [1.29, 1.82) is 0 Å². The Hall–Kier alpha value is -0.830. The van der Waals surface area contributed by atoms with Crippen molar-refractivity contribution < 1.29 is 8.42 Å². The molecule has 3 heteroatoms. The molecule has 0 aliphatic carbocycles. The molecule has 0 spiro atoms. The Kier molecular flexibility index (Phi) is 2.59. The minimum atomic E-state index is -2.94. The number of hydrogen-bond acceptors (Lipinski definition) is 2. The van der Waals surface area contributed by atoms with Gasteiger partial charge in [-0.05, 0) is 23.5 Å². The maximum Gasteiger partial charge on any atom is 0.157 e. The lowest BCUT2D eigenvalue weighted by Crippen LogP contribution is -2.28. The van der Waals surface area contributed by atoms with Gasteiger partial charge in [0.2, 0.25) is 0 Å². The van der Waals surface area contributed by atoms with Crippen molar-refractivity contribution in [3.63, 3.8) is 0 Å². The van der Waals surface area contributed by atoms with Gasteiger partial charge in [-0.25, -0.2) is 8.42 Å². The first-order valence-corrected chi connectivity index (χ1v) is 7.03. The Balaban J connectivity index is 2.58. The lowest BCUT2D eigenvalue weighted by molar-refractivity contribution is 0.532. The minimum Gasteiger partial charge on any atom is -0.228 e. The Labute approximate surface area is 91.2 Å². The van der Waals surface area contributed by atoms with E-state index >= 15 is 0 Å². The summed E-state index contributed by atoms with van der Waals surface area (Å²) in [5, 5.41) is -0.303. The lowest BCUT2D eigenvalue weighted by atomic mass is 9.95. The largest absolute Gasteiger partial charge is 0.228 e. The van der Waals surface area contributed by atoms with E-state index in [1.807, 2.05) is 38.1 Å². The molecule has 0 aromatic heterocycles. The summed E-state index contributed by atoms with van der Waals surface area (Å²) < 4.78 is 24.0. The van der Waals surface area contributed by atoms with E-state index in [9.17, 15) is 8.42 Å². The van der Waals surface area contributed by atoms with Crippen molar-refractivity contribution >= 4 is 9.84 Å². The van der Waals surface area contributed by atoms with Gasteiger partial charge < -0.3 is 0 Å². The Bertz CT molecular complexity index is 460. The van der Waals surface area contributed by atoms with Gasteiger partial charge in [-0.1, -0.05) is 38.1 Å². The molecule has 1 aromatic carbocycles. The summed E-state index contributed by atoms with van der Waals surface area (Å²) in [4.78, 5) is 0. The van der Waals surface area contributed by atoms with Gasteiger partial charge in [0.15, 0.2) is 9.84 Å². The second kappa shape index (κ2) is 3.63. The summed E-state index contributed by atoms with van der Waals surface area (Å²) in [6, 6.07) is 7.90. The van der Waals surface area contributed by atoms with Crippen LogP contribution in [-0.4, -0.2) is 14.2 Å². The summed E-state index contributed by atoms with van der Waals surface area (Å²) in [5.74, 6) is 0.448. The molecule has 1 heterocycles. The summed E-state index contributed by atoms with van der Waals surface area (Å²) in [5.41, 5.74) is 2.21. The quantitative estimate of drug-likeness (QED) is 0.734. The standard InChI is InChI=1S/C12H16O2S/c1-9(2)12-11-6-4-3-5-10(11)7-8-15(12,13)14/h3-6,9,12H,7-8H2,1-2H3. The fraction of sp³-hybridized carbons (Fsp3) is 0.500. The first-order valence-electron chi connectivity index (χ1n) is 5.32. The van der Waals surface area contributed by atoms with Crippen molar-refractivity contribution in [3.05, 3.63) is 35.4 Å². The number of sulfone groups is 1. The molecule has 0 saturated heterocycles. The van der Waals surface area contributed by atoms with Crippen LogP contribution in [-0.2, 0) is 16.3 Å². The molecule has 2 rings (SSSR count). The highest BCUT2D eigenvalue weighted by Gasteiger charge is 2.34. The van der Waals surface area contributed by atoms with Crippen LogP contribution < -0.4 is 0 Å². The Morgan fingerprint density at radius 2 is 1.93 bits per heavy atom. The highest BCUT2D eigenvalue weighted by atomic mass is 32.2.